The Morgan fingerprint density at radius 2 is 1.79 bits per heavy atom. The van der Waals surface area contributed by atoms with Crippen LogP contribution in [0, 0.1) is 0 Å². The van der Waals surface area contributed by atoms with E-state index >= 15 is 0 Å². The first kappa shape index (κ1) is 18.9. The Morgan fingerprint density at radius 3 is 2.62 bits per heavy atom. The van der Waals surface area contributed by atoms with E-state index in [1.807, 2.05) is 54.6 Å². The van der Waals surface area contributed by atoms with Crippen molar-refractivity contribution in [2.24, 2.45) is 0 Å². The van der Waals surface area contributed by atoms with Gasteiger partial charge in [-0.1, -0.05) is 36.4 Å². The van der Waals surface area contributed by atoms with Gasteiger partial charge in [0.25, 0.3) is 5.91 Å². The number of rotatable bonds is 6. The molecule has 3 aromatic rings. The van der Waals surface area contributed by atoms with Gasteiger partial charge in [0.2, 0.25) is 0 Å². The van der Waals surface area contributed by atoms with Crippen LogP contribution in [-0.4, -0.2) is 29.0 Å². The minimum absolute atomic E-state index is 0.258. The minimum atomic E-state index is -0.258. The molecule has 0 unspecified atom stereocenters. The lowest BCUT2D eigenvalue weighted by molar-refractivity contribution is 0.102. The van der Waals surface area contributed by atoms with Crippen LogP contribution < -0.4 is 15.0 Å². The van der Waals surface area contributed by atoms with Gasteiger partial charge < -0.3 is 15.0 Å². The summed E-state index contributed by atoms with van der Waals surface area (Å²) in [6, 6.07) is 19.1. The number of benzene rings is 2. The van der Waals surface area contributed by atoms with E-state index in [1.165, 1.54) is 12.7 Å². The van der Waals surface area contributed by atoms with Gasteiger partial charge in [0.05, 0.1) is 0 Å². The van der Waals surface area contributed by atoms with Gasteiger partial charge in [-0.05, 0) is 37.0 Å². The third kappa shape index (κ3) is 5.10. The summed E-state index contributed by atoms with van der Waals surface area (Å²) in [7, 11) is 0. The number of hydrogen-bond acceptors (Lipinski definition) is 5. The molecule has 1 aromatic heterocycles. The SMILES string of the molecule is O=C(Nc1cccc(OCc2ccccc2)c1)c1cc(N2CCCCC2)ncn1. The van der Waals surface area contributed by atoms with Gasteiger partial charge in [0.15, 0.2) is 0 Å². The van der Waals surface area contributed by atoms with Crippen molar-refractivity contribution in [3.63, 3.8) is 0 Å². The van der Waals surface area contributed by atoms with Gasteiger partial charge in [-0.15, -0.1) is 0 Å². The monoisotopic (exact) mass is 388 g/mol. The highest BCUT2D eigenvalue weighted by atomic mass is 16.5. The third-order valence-corrected chi connectivity index (χ3v) is 4.91. The van der Waals surface area contributed by atoms with Crippen molar-refractivity contribution in [2.75, 3.05) is 23.3 Å². The quantitative estimate of drug-likeness (QED) is 0.682. The summed E-state index contributed by atoms with van der Waals surface area (Å²) in [5, 5.41) is 2.90. The van der Waals surface area contributed by atoms with Gasteiger partial charge in [-0.25, -0.2) is 9.97 Å². The Balaban J connectivity index is 1.40. The maximum atomic E-state index is 12.7. The van der Waals surface area contributed by atoms with Crippen molar-refractivity contribution in [1.82, 2.24) is 9.97 Å². The van der Waals surface area contributed by atoms with Crippen LogP contribution in [0.5, 0.6) is 5.75 Å². The standard InChI is InChI=1S/C23H24N4O2/c28-23(21-15-22(25-17-24-21)27-12-5-2-6-13-27)26-19-10-7-11-20(14-19)29-16-18-8-3-1-4-9-18/h1,3-4,7-11,14-15,17H,2,5-6,12-13,16H2,(H,26,28). The second kappa shape index (κ2) is 9.19. The van der Waals surface area contributed by atoms with Crippen LogP contribution in [0.3, 0.4) is 0 Å². The molecule has 0 radical (unpaired) electrons. The number of piperidine rings is 1. The molecular formula is C23H24N4O2. The zero-order valence-electron chi connectivity index (χ0n) is 16.3. The number of hydrogen-bond donors (Lipinski definition) is 1. The Morgan fingerprint density at radius 1 is 0.966 bits per heavy atom. The van der Waals surface area contributed by atoms with Crippen molar-refractivity contribution in [3.05, 3.63) is 78.2 Å². The second-order valence-electron chi connectivity index (χ2n) is 7.07. The van der Waals surface area contributed by atoms with Crippen molar-refractivity contribution in [3.8, 4) is 5.75 Å². The highest BCUT2D eigenvalue weighted by Gasteiger charge is 2.15. The number of carbonyl (C=O) groups is 1. The van der Waals surface area contributed by atoms with E-state index in [1.54, 1.807) is 6.07 Å². The molecule has 1 aliphatic heterocycles. The lowest BCUT2D eigenvalue weighted by Gasteiger charge is -2.27. The number of anilines is 2. The molecule has 1 saturated heterocycles. The summed E-state index contributed by atoms with van der Waals surface area (Å²) in [4.78, 5) is 23.4. The van der Waals surface area contributed by atoms with Crippen molar-refractivity contribution >= 4 is 17.4 Å². The van der Waals surface area contributed by atoms with E-state index < -0.39 is 0 Å². The Bertz CT molecular complexity index is 956. The summed E-state index contributed by atoms with van der Waals surface area (Å²) >= 11 is 0. The Hall–Kier alpha value is -3.41. The number of ether oxygens (including phenoxy) is 1. The van der Waals surface area contributed by atoms with Crippen molar-refractivity contribution in [2.45, 2.75) is 25.9 Å². The average molecular weight is 388 g/mol. The number of nitrogens with zero attached hydrogens (tertiary/aromatic N) is 3. The lowest BCUT2D eigenvalue weighted by Crippen LogP contribution is -2.30. The van der Waals surface area contributed by atoms with Gasteiger partial charge >= 0.3 is 0 Å². The van der Waals surface area contributed by atoms with Gasteiger partial charge in [0.1, 0.15) is 30.2 Å². The summed E-state index contributed by atoms with van der Waals surface area (Å²) in [6.45, 7) is 2.42. The molecule has 6 heteroatoms. The molecule has 0 bridgehead atoms. The number of amides is 1. The molecule has 0 spiro atoms. The van der Waals surface area contributed by atoms with E-state index in [0.717, 1.165) is 37.3 Å². The molecule has 1 amide bonds. The van der Waals surface area contributed by atoms with Crippen LogP contribution in [-0.2, 0) is 6.61 Å². The Kier molecular flexibility index (Phi) is 6.00. The molecule has 6 nitrogen and oxygen atoms in total. The van der Waals surface area contributed by atoms with E-state index in [2.05, 4.69) is 20.2 Å². The first-order valence-corrected chi connectivity index (χ1v) is 9.93. The topological polar surface area (TPSA) is 67.3 Å². The number of carbonyl (C=O) groups excluding carboxylic acids is 1. The molecule has 2 heterocycles. The van der Waals surface area contributed by atoms with Crippen LogP contribution in [0.2, 0.25) is 0 Å². The lowest BCUT2D eigenvalue weighted by atomic mass is 10.1. The summed E-state index contributed by atoms with van der Waals surface area (Å²) < 4.78 is 5.83. The fourth-order valence-corrected chi connectivity index (χ4v) is 3.37. The van der Waals surface area contributed by atoms with Crippen molar-refractivity contribution in [1.29, 1.82) is 0 Å². The van der Waals surface area contributed by atoms with Crippen LogP contribution >= 0.6 is 0 Å². The number of nitrogens with one attached hydrogen (secondary N) is 1. The van der Waals surface area contributed by atoms with E-state index in [0.29, 0.717) is 23.7 Å². The minimum Gasteiger partial charge on any atom is -0.489 e. The largest absolute Gasteiger partial charge is 0.489 e. The van der Waals surface area contributed by atoms with Crippen molar-refractivity contribution < 1.29 is 9.53 Å². The molecule has 0 atom stereocenters. The van der Waals surface area contributed by atoms with E-state index in [9.17, 15) is 4.79 Å². The maximum Gasteiger partial charge on any atom is 0.274 e. The normalized spacial score (nSPS) is 13.7. The van der Waals surface area contributed by atoms with Gasteiger partial charge in [0, 0.05) is 30.9 Å². The fourth-order valence-electron chi connectivity index (χ4n) is 3.37. The third-order valence-electron chi connectivity index (χ3n) is 4.91. The van der Waals surface area contributed by atoms with E-state index in [4.69, 9.17) is 4.74 Å². The molecule has 0 aliphatic carbocycles. The summed E-state index contributed by atoms with van der Waals surface area (Å²) in [5.74, 6) is 1.25. The van der Waals surface area contributed by atoms with Gasteiger partial charge in [-0.3, -0.25) is 4.79 Å². The number of aromatic nitrogens is 2. The average Bonchev–Trinajstić information content (AvgIpc) is 2.79. The van der Waals surface area contributed by atoms with Crippen LogP contribution in [0.15, 0.2) is 67.0 Å². The smallest absolute Gasteiger partial charge is 0.274 e. The summed E-state index contributed by atoms with van der Waals surface area (Å²) in [5.41, 5.74) is 2.11. The van der Waals surface area contributed by atoms with Gasteiger partial charge in [-0.2, -0.15) is 0 Å². The predicted octanol–water partition coefficient (Wildman–Crippen LogP) is 4.30. The molecule has 1 N–H and O–H groups in total. The van der Waals surface area contributed by atoms with E-state index in [-0.39, 0.29) is 5.91 Å². The predicted molar refractivity (Wildman–Crippen MR) is 113 cm³/mol. The summed E-state index contributed by atoms with van der Waals surface area (Å²) in [6.07, 6.45) is 5.01. The molecule has 1 fully saturated rings. The molecule has 1 aliphatic rings. The zero-order valence-corrected chi connectivity index (χ0v) is 16.3. The fraction of sp³-hybridized carbons (Fsp3) is 0.261. The first-order chi connectivity index (χ1) is 14.3. The van der Waals surface area contributed by atoms with Crippen LogP contribution in [0.1, 0.15) is 35.3 Å². The molecule has 2 aromatic carbocycles. The molecular weight excluding hydrogens is 364 g/mol. The highest BCUT2D eigenvalue weighted by Crippen LogP contribution is 2.21. The first-order valence-electron chi connectivity index (χ1n) is 9.93. The molecule has 29 heavy (non-hydrogen) atoms. The molecule has 0 saturated carbocycles. The second-order valence-corrected chi connectivity index (χ2v) is 7.07. The van der Waals surface area contributed by atoms with Crippen LogP contribution in [0.4, 0.5) is 11.5 Å². The molecule has 4 rings (SSSR count). The highest BCUT2D eigenvalue weighted by molar-refractivity contribution is 6.03. The zero-order chi connectivity index (χ0) is 19.9. The molecule has 148 valence electrons. The Labute approximate surface area is 170 Å². The van der Waals surface area contributed by atoms with Crippen LogP contribution in [0.25, 0.3) is 0 Å². The maximum absolute atomic E-state index is 12.7.